The van der Waals surface area contributed by atoms with Gasteiger partial charge in [0.1, 0.15) is 0 Å². The van der Waals surface area contributed by atoms with Gasteiger partial charge >= 0.3 is 0 Å². The largest absolute Gasteiger partial charge is 0.366 e. The lowest BCUT2D eigenvalue weighted by Crippen LogP contribution is -2.54. The normalized spacial score (nSPS) is 24.5. The molecule has 0 radical (unpaired) electrons. The summed E-state index contributed by atoms with van der Waals surface area (Å²) >= 11 is 6.13. The molecule has 0 bridgehead atoms. The molecule has 4 rings (SSSR count). The second-order valence-electron chi connectivity index (χ2n) is 6.80. The van der Waals surface area contributed by atoms with Crippen molar-refractivity contribution >= 4 is 23.0 Å². The Morgan fingerprint density at radius 2 is 1.91 bits per heavy atom. The van der Waals surface area contributed by atoms with Crippen LogP contribution < -0.4 is 4.90 Å². The van der Waals surface area contributed by atoms with E-state index in [0.29, 0.717) is 5.02 Å². The zero-order chi connectivity index (χ0) is 16.2. The van der Waals surface area contributed by atoms with Crippen molar-refractivity contribution < 1.29 is 4.84 Å². The maximum atomic E-state index is 6.13. The number of likely N-dealkylation sites (N-methyl/N-ethyl adjacent to an activating group) is 1. The Kier molecular flexibility index (Phi) is 3.01. The highest BCUT2D eigenvalue weighted by Gasteiger charge is 2.61. The molecular formula is C19H19ClN2O. The molecule has 0 N–H and O–H groups in total. The molecule has 2 aromatic rings. The molecular weight excluding hydrogens is 308 g/mol. The fourth-order valence-corrected chi connectivity index (χ4v) is 4.07. The van der Waals surface area contributed by atoms with Gasteiger partial charge in [-0.25, -0.2) is 0 Å². The number of rotatable bonds is 1. The summed E-state index contributed by atoms with van der Waals surface area (Å²) in [6.45, 7) is 4.46. The average Bonchev–Trinajstić information content (AvgIpc) is 3.06. The first-order valence-electron chi connectivity index (χ1n) is 7.80. The maximum Gasteiger partial charge on any atom is 0.224 e. The minimum absolute atomic E-state index is 0.165. The second kappa shape index (κ2) is 4.75. The molecule has 2 aliphatic heterocycles. The smallest absolute Gasteiger partial charge is 0.224 e. The summed E-state index contributed by atoms with van der Waals surface area (Å²) in [7, 11) is 2.09. The van der Waals surface area contributed by atoms with E-state index < -0.39 is 5.72 Å². The molecule has 0 amide bonds. The molecule has 3 nitrogen and oxygen atoms in total. The predicted octanol–water partition coefficient (Wildman–Crippen LogP) is 4.59. The van der Waals surface area contributed by atoms with Gasteiger partial charge < -0.3 is 9.74 Å². The molecule has 4 heteroatoms. The molecule has 0 saturated carbocycles. The lowest BCUT2D eigenvalue weighted by atomic mass is 9.75. The zero-order valence-electron chi connectivity index (χ0n) is 13.5. The molecule has 0 saturated heterocycles. The number of benzene rings is 2. The summed E-state index contributed by atoms with van der Waals surface area (Å²) in [6.07, 6.45) is 0.728. The molecule has 0 unspecified atom stereocenters. The van der Waals surface area contributed by atoms with Gasteiger partial charge in [-0.1, -0.05) is 47.1 Å². The zero-order valence-corrected chi connectivity index (χ0v) is 14.3. The SMILES string of the molecule is CN1c2ccccc2C(C)(C)[C@]12CC(c1cccc(Cl)c1)=NO2. The van der Waals surface area contributed by atoms with E-state index in [1.54, 1.807) is 0 Å². The van der Waals surface area contributed by atoms with Crippen LogP contribution in [-0.4, -0.2) is 18.5 Å². The Labute approximate surface area is 141 Å². The second-order valence-corrected chi connectivity index (χ2v) is 7.24. The molecule has 0 fully saturated rings. The first-order valence-corrected chi connectivity index (χ1v) is 8.18. The fraction of sp³-hybridized carbons (Fsp3) is 0.316. The molecule has 118 valence electrons. The minimum Gasteiger partial charge on any atom is -0.366 e. The first kappa shape index (κ1) is 14.6. The van der Waals surface area contributed by atoms with Crippen LogP contribution >= 0.6 is 11.6 Å². The van der Waals surface area contributed by atoms with Crippen molar-refractivity contribution in [3.63, 3.8) is 0 Å². The number of hydrogen-bond donors (Lipinski definition) is 0. The summed E-state index contributed by atoms with van der Waals surface area (Å²) in [5.41, 5.74) is 3.82. The van der Waals surface area contributed by atoms with Gasteiger partial charge in [-0.2, -0.15) is 0 Å². The highest BCUT2D eigenvalue weighted by molar-refractivity contribution is 6.31. The van der Waals surface area contributed by atoms with Gasteiger partial charge in [-0.3, -0.25) is 0 Å². The van der Waals surface area contributed by atoms with Crippen LogP contribution in [0.2, 0.25) is 5.02 Å². The fourth-order valence-electron chi connectivity index (χ4n) is 3.88. The van der Waals surface area contributed by atoms with Crippen molar-refractivity contribution in [3.8, 4) is 0 Å². The van der Waals surface area contributed by atoms with Crippen molar-refractivity contribution in [2.24, 2.45) is 5.16 Å². The lowest BCUT2D eigenvalue weighted by Gasteiger charge is -2.40. The van der Waals surface area contributed by atoms with Crippen LogP contribution in [0.1, 0.15) is 31.4 Å². The third kappa shape index (κ3) is 1.86. The Hall–Kier alpha value is -2.00. The maximum absolute atomic E-state index is 6.13. The van der Waals surface area contributed by atoms with Crippen molar-refractivity contribution in [3.05, 3.63) is 64.7 Å². The Morgan fingerprint density at radius 3 is 2.65 bits per heavy atom. The van der Waals surface area contributed by atoms with Crippen molar-refractivity contribution in [1.29, 1.82) is 0 Å². The van der Waals surface area contributed by atoms with Crippen molar-refractivity contribution in [2.75, 3.05) is 11.9 Å². The van der Waals surface area contributed by atoms with Gasteiger partial charge in [0, 0.05) is 23.3 Å². The van der Waals surface area contributed by atoms with E-state index in [1.807, 2.05) is 24.3 Å². The number of anilines is 1. The summed E-state index contributed by atoms with van der Waals surface area (Å²) in [5.74, 6) is 0. The van der Waals surface area contributed by atoms with E-state index in [0.717, 1.165) is 17.7 Å². The van der Waals surface area contributed by atoms with E-state index in [1.165, 1.54) is 11.3 Å². The summed E-state index contributed by atoms with van der Waals surface area (Å²) in [5, 5.41) is 5.14. The molecule has 2 aromatic carbocycles. The van der Waals surface area contributed by atoms with Crippen LogP contribution in [0.5, 0.6) is 0 Å². The lowest BCUT2D eigenvalue weighted by molar-refractivity contribution is -0.0591. The standard InChI is InChI=1S/C19H19ClN2O/c1-18(2)15-9-4-5-10-17(15)22(3)19(18)12-16(21-23-19)13-7-6-8-14(20)11-13/h4-11H,12H2,1-3H3/t19-/m1/s1. The van der Waals surface area contributed by atoms with Crippen LogP contribution in [0.3, 0.4) is 0 Å². The Bertz CT molecular complexity index is 815. The third-order valence-corrected chi connectivity index (χ3v) is 5.56. The highest BCUT2D eigenvalue weighted by Crippen LogP contribution is 2.55. The van der Waals surface area contributed by atoms with Crippen LogP contribution in [-0.2, 0) is 10.3 Å². The number of fused-ring (bicyclic) bond motifs is 1. The molecule has 1 atom stereocenters. The topological polar surface area (TPSA) is 24.8 Å². The van der Waals surface area contributed by atoms with Crippen LogP contribution in [0.25, 0.3) is 0 Å². The highest BCUT2D eigenvalue weighted by atomic mass is 35.5. The third-order valence-electron chi connectivity index (χ3n) is 5.33. The van der Waals surface area contributed by atoms with Gasteiger partial charge in [-0.05, 0) is 37.6 Å². The average molecular weight is 327 g/mol. The van der Waals surface area contributed by atoms with E-state index in [2.05, 4.69) is 55.2 Å². The quantitative estimate of drug-likeness (QED) is 0.765. The molecule has 1 spiro atoms. The van der Waals surface area contributed by atoms with E-state index in [4.69, 9.17) is 16.4 Å². The summed E-state index contributed by atoms with van der Waals surface area (Å²) < 4.78 is 0. The molecule has 23 heavy (non-hydrogen) atoms. The van der Waals surface area contributed by atoms with Gasteiger partial charge in [0.25, 0.3) is 0 Å². The summed E-state index contributed by atoms with van der Waals surface area (Å²) in [4.78, 5) is 8.31. The number of hydrogen-bond acceptors (Lipinski definition) is 3. The number of halogens is 1. The number of oxime groups is 1. The molecule has 0 aliphatic carbocycles. The number of nitrogens with zero attached hydrogens (tertiary/aromatic N) is 2. The number of para-hydroxylation sites is 1. The van der Waals surface area contributed by atoms with Gasteiger partial charge in [0.2, 0.25) is 5.72 Å². The van der Waals surface area contributed by atoms with Crippen LogP contribution in [0.4, 0.5) is 5.69 Å². The van der Waals surface area contributed by atoms with Crippen LogP contribution in [0.15, 0.2) is 53.7 Å². The van der Waals surface area contributed by atoms with Crippen molar-refractivity contribution in [1.82, 2.24) is 0 Å². The van der Waals surface area contributed by atoms with E-state index >= 15 is 0 Å². The van der Waals surface area contributed by atoms with E-state index in [-0.39, 0.29) is 5.41 Å². The van der Waals surface area contributed by atoms with Crippen LogP contribution in [0, 0.1) is 0 Å². The van der Waals surface area contributed by atoms with E-state index in [9.17, 15) is 0 Å². The summed E-state index contributed by atoms with van der Waals surface area (Å²) in [6, 6.07) is 16.3. The molecule has 2 heterocycles. The first-order chi connectivity index (χ1) is 11.0. The molecule has 2 aliphatic rings. The van der Waals surface area contributed by atoms with Crippen molar-refractivity contribution in [2.45, 2.75) is 31.4 Å². The van der Waals surface area contributed by atoms with Gasteiger partial charge in [0.05, 0.1) is 17.5 Å². The Morgan fingerprint density at radius 1 is 1.13 bits per heavy atom. The van der Waals surface area contributed by atoms with Gasteiger partial charge in [0.15, 0.2) is 0 Å². The monoisotopic (exact) mass is 326 g/mol. The Balaban J connectivity index is 1.75. The minimum atomic E-state index is -0.492. The predicted molar refractivity (Wildman–Crippen MR) is 94.3 cm³/mol. The molecule has 0 aromatic heterocycles. The van der Waals surface area contributed by atoms with Gasteiger partial charge in [-0.15, -0.1) is 0 Å².